The van der Waals surface area contributed by atoms with Crippen molar-refractivity contribution in [1.29, 1.82) is 0 Å². The number of rotatable bonds is 5. The van der Waals surface area contributed by atoms with Crippen LogP contribution < -0.4 is 16.1 Å². The molecular weight excluding hydrogens is 404 g/mol. The van der Waals surface area contributed by atoms with Crippen LogP contribution in [-0.4, -0.2) is 15.9 Å². The van der Waals surface area contributed by atoms with E-state index < -0.39 is 0 Å². The molecule has 0 bridgehead atoms. The predicted octanol–water partition coefficient (Wildman–Crippen LogP) is 4.90. The minimum Gasteiger partial charge on any atom is -0.463 e. The van der Waals surface area contributed by atoms with Crippen LogP contribution >= 0.6 is 0 Å². The lowest BCUT2D eigenvalue weighted by atomic mass is 10.1. The first-order valence-corrected chi connectivity index (χ1v) is 10.1. The summed E-state index contributed by atoms with van der Waals surface area (Å²) in [6.07, 6.45) is 4.12. The van der Waals surface area contributed by atoms with E-state index in [1.807, 2.05) is 45.0 Å². The highest BCUT2D eigenvalue weighted by Crippen LogP contribution is 2.18. The Morgan fingerprint density at radius 2 is 1.62 bits per heavy atom. The molecular formula is C25H22N4O3. The molecule has 0 saturated carbocycles. The third-order valence-electron chi connectivity index (χ3n) is 4.76. The van der Waals surface area contributed by atoms with Crippen LogP contribution in [0.3, 0.4) is 0 Å². The van der Waals surface area contributed by atoms with Crippen molar-refractivity contribution in [1.82, 2.24) is 9.97 Å². The maximum atomic E-state index is 12.6. The number of carbonyl (C=O) groups is 1. The Bertz CT molecular complexity index is 1370. The molecule has 0 radical (unpaired) electrons. The predicted molar refractivity (Wildman–Crippen MR) is 126 cm³/mol. The number of amides is 1. The molecule has 0 spiro atoms. The Morgan fingerprint density at radius 3 is 2.34 bits per heavy atom. The van der Waals surface area contributed by atoms with E-state index in [2.05, 4.69) is 20.6 Å². The second-order valence-corrected chi connectivity index (χ2v) is 7.52. The molecule has 4 rings (SSSR count). The normalized spacial score (nSPS) is 11.1. The number of hydrogen-bond donors (Lipinski definition) is 2. The number of benzene rings is 2. The zero-order valence-electron chi connectivity index (χ0n) is 18.0. The number of nitrogens with zero attached hydrogens (tertiary/aromatic N) is 2. The molecule has 4 aromatic rings. The van der Waals surface area contributed by atoms with Crippen LogP contribution in [-0.2, 0) is 4.79 Å². The average molecular weight is 426 g/mol. The van der Waals surface area contributed by atoms with Gasteiger partial charge in [0, 0.05) is 28.8 Å². The van der Waals surface area contributed by atoms with E-state index in [9.17, 15) is 9.59 Å². The van der Waals surface area contributed by atoms with Gasteiger partial charge in [0.1, 0.15) is 11.8 Å². The number of fused-ring (bicyclic) bond motifs is 1. The van der Waals surface area contributed by atoms with Crippen molar-refractivity contribution in [2.75, 3.05) is 10.6 Å². The minimum atomic E-state index is -0.355. The van der Waals surface area contributed by atoms with E-state index in [0.717, 1.165) is 22.6 Å². The van der Waals surface area contributed by atoms with Gasteiger partial charge >= 0.3 is 0 Å². The van der Waals surface area contributed by atoms with Gasteiger partial charge in [-0.25, -0.2) is 9.97 Å². The van der Waals surface area contributed by atoms with E-state index in [-0.39, 0.29) is 11.3 Å². The van der Waals surface area contributed by atoms with Gasteiger partial charge in [0.05, 0.1) is 10.9 Å². The lowest BCUT2D eigenvalue weighted by Crippen LogP contribution is -2.09. The molecule has 2 aromatic carbocycles. The summed E-state index contributed by atoms with van der Waals surface area (Å²) in [5, 5.41) is 6.40. The quantitative estimate of drug-likeness (QED) is 0.441. The fourth-order valence-corrected chi connectivity index (χ4v) is 3.27. The average Bonchev–Trinajstić information content (AvgIpc) is 2.74. The van der Waals surface area contributed by atoms with Gasteiger partial charge in [0.15, 0.2) is 5.43 Å². The van der Waals surface area contributed by atoms with Gasteiger partial charge in [-0.2, -0.15) is 0 Å². The van der Waals surface area contributed by atoms with Crippen LogP contribution in [0.1, 0.15) is 22.5 Å². The molecule has 32 heavy (non-hydrogen) atoms. The molecule has 1 amide bonds. The van der Waals surface area contributed by atoms with Gasteiger partial charge in [-0.15, -0.1) is 0 Å². The summed E-state index contributed by atoms with van der Waals surface area (Å²) in [7, 11) is 0. The topological polar surface area (TPSA) is 97.1 Å². The number of hydrogen-bond acceptors (Lipinski definition) is 6. The molecule has 160 valence electrons. The van der Waals surface area contributed by atoms with Crippen LogP contribution in [0.15, 0.2) is 70.1 Å². The Balaban J connectivity index is 1.43. The Morgan fingerprint density at radius 1 is 0.938 bits per heavy atom. The summed E-state index contributed by atoms with van der Waals surface area (Å²) >= 11 is 0. The monoisotopic (exact) mass is 426 g/mol. The summed E-state index contributed by atoms with van der Waals surface area (Å²) in [5.41, 5.74) is 4.79. The van der Waals surface area contributed by atoms with Crippen molar-refractivity contribution >= 4 is 40.3 Å². The third-order valence-corrected chi connectivity index (χ3v) is 4.76. The summed E-state index contributed by atoms with van der Waals surface area (Å²) in [5.74, 6) is 0.165. The van der Waals surface area contributed by atoms with Crippen molar-refractivity contribution in [3.63, 3.8) is 0 Å². The maximum Gasteiger partial charge on any atom is 0.248 e. The highest BCUT2D eigenvalue weighted by molar-refractivity contribution is 6.02. The highest BCUT2D eigenvalue weighted by atomic mass is 16.3. The van der Waals surface area contributed by atoms with Gasteiger partial charge < -0.3 is 15.1 Å². The molecule has 2 aromatic heterocycles. The van der Waals surface area contributed by atoms with E-state index in [4.69, 9.17) is 4.42 Å². The second kappa shape index (κ2) is 8.85. The lowest BCUT2D eigenvalue weighted by molar-refractivity contribution is -0.111. The Labute approximate surface area is 184 Å². The van der Waals surface area contributed by atoms with E-state index >= 15 is 0 Å². The SMILES string of the molecule is Cc1ccc2occ(/C=C/C(=O)Nc3ccc(Nc4nc(C)cc(C)n4)cc3)c(=O)c2c1. The molecule has 0 aliphatic rings. The van der Waals surface area contributed by atoms with Crippen LogP contribution in [0.25, 0.3) is 17.0 Å². The Hall–Kier alpha value is -4.26. The van der Waals surface area contributed by atoms with Gasteiger partial charge in [-0.1, -0.05) is 11.6 Å². The first-order chi connectivity index (χ1) is 15.4. The third kappa shape index (κ3) is 4.89. The number of nitrogens with one attached hydrogen (secondary N) is 2. The van der Waals surface area contributed by atoms with E-state index in [1.54, 1.807) is 24.3 Å². The van der Waals surface area contributed by atoms with E-state index in [0.29, 0.717) is 28.2 Å². The molecule has 0 aliphatic carbocycles. The standard InChI is InChI=1S/C25H22N4O3/c1-15-4-10-22-21(12-15)24(31)18(14-32-22)5-11-23(30)28-19-6-8-20(9-7-19)29-25-26-16(2)13-17(3)27-25/h4-14H,1-3H3,(H,28,30)(H,26,27,29)/b11-5+. The van der Waals surface area contributed by atoms with Crippen molar-refractivity contribution < 1.29 is 9.21 Å². The smallest absolute Gasteiger partial charge is 0.248 e. The van der Waals surface area contributed by atoms with Crippen molar-refractivity contribution in [2.45, 2.75) is 20.8 Å². The van der Waals surface area contributed by atoms with Crippen molar-refractivity contribution in [2.24, 2.45) is 0 Å². The highest BCUT2D eigenvalue weighted by Gasteiger charge is 2.06. The first-order valence-electron chi connectivity index (χ1n) is 10.1. The summed E-state index contributed by atoms with van der Waals surface area (Å²) in [6, 6.07) is 14.5. The molecule has 7 nitrogen and oxygen atoms in total. The number of carbonyl (C=O) groups excluding carboxylic acids is 1. The van der Waals surface area contributed by atoms with Crippen molar-refractivity contribution in [3.8, 4) is 0 Å². The minimum absolute atomic E-state index is 0.178. The molecule has 0 atom stereocenters. The second-order valence-electron chi connectivity index (χ2n) is 7.52. The summed E-state index contributed by atoms with van der Waals surface area (Å²) < 4.78 is 5.51. The van der Waals surface area contributed by atoms with Crippen LogP contribution in [0.4, 0.5) is 17.3 Å². The van der Waals surface area contributed by atoms with Gasteiger partial charge in [-0.05, 0) is 69.3 Å². The van der Waals surface area contributed by atoms with Gasteiger partial charge in [0.2, 0.25) is 11.9 Å². The molecule has 0 unspecified atom stereocenters. The van der Waals surface area contributed by atoms with Gasteiger partial charge in [0.25, 0.3) is 0 Å². The molecule has 0 saturated heterocycles. The van der Waals surface area contributed by atoms with Crippen LogP contribution in [0.2, 0.25) is 0 Å². The number of anilines is 3. The molecule has 2 heterocycles. The fourth-order valence-electron chi connectivity index (χ4n) is 3.27. The largest absolute Gasteiger partial charge is 0.463 e. The first kappa shape index (κ1) is 21.0. The van der Waals surface area contributed by atoms with Crippen molar-refractivity contribution in [3.05, 3.63) is 93.6 Å². The van der Waals surface area contributed by atoms with Crippen LogP contribution in [0, 0.1) is 20.8 Å². The number of aromatic nitrogens is 2. The van der Waals surface area contributed by atoms with Gasteiger partial charge in [-0.3, -0.25) is 9.59 Å². The maximum absolute atomic E-state index is 12.6. The lowest BCUT2D eigenvalue weighted by Gasteiger charge is -2.08. The van der Waals surface area contributed by atoms with E-state index in [1.165, 1.54) is 18.4 Å². The fraction of sp³-hybridized carbons (Fsp3) is 0.120. The Kier molecular flexibility index (Phi) is 5.81. The molecule has 7 heteroatoms. The summed E-state index contributed by atoms with van der Waals surface area (Å²) in [4.78, 5) is 33.6. The summed E-state index contributed by atoms with van der Waals surface area (Å²) in [6.45, 7) is 5.73. The number of aryl methyl sites for hydroxylation is 3. The molecule has 0 aliphatic heterocycles. The zero-order valence-corrected chi connectivity index (χ0v) is 18.0. The molecule has 0 fully saturated rings. The molecule has 2 N–H and O–H groups in total. The zero-order chi connectivity index (χ0) is 22.7. The van der Waals surface area contributed by atoms with Crippen LogP contribution in [0.5, 0.6) is 0 Å².